The average Bonchev–Trinajstić information content (AvgIpc) is 1.94. The molecule has 1 aliphatic rings. The van der Waals surface area contributed by atoms with E-state index in [1.165, 1.54) is 17.3 Å². The number of rotatable bonds is 1. The second-order valence-corrected chi connectivity index (χ2v) is 3.03. The van der Waals surface area contributed by atoms with E-state index in [-0.39, 0.29) is 5.97 Å². The molecule has 56 valence electrons. The predicted molar refractivity (Wildman–Crippen MR) is 41.5 cm³/mol. The van der Waals surface area contributed by atoms with Gasteiger partial charge in [-0.15, -0.1) is 0 Å². The Balaban J connectivity index is 2.72. The minimum atomic E-state index is -0.102. The fraction of sp³-hybridized carbons (Fsp3) is 0.571. The maximum atomic E-state index is 10.7. The van der Waals surface area contributed by atoms with Gasteiger partial charge in [0.05, 0.1) is 0 Å². The number of carbonyl (C=O) groups is 1. The standard InChI is InChI=1S/C7H10O2S/c1-5-3-4-6(8)9-7(5)10-2/h3-4H2,1-2H3. The lowest BCUT2D eigenvalue weighted by Gasteiger charge is -2.14. The first kappa shape index (κ1) is 7.66. The Hall–Kier alpha value is -0.440. The number of allylic oxidation sites excluding steroid dienone is 1. The second-order valence-electron chi connectivity index (χ2n) is 2.25. The van der Waals surface area contributed by atoms with Crippen molar-refractivity contribution >= 4 is 17.7 Å². The zero-order chi connectivity index (χ0) is 7.56. The summed E-state index contributed by atoms with van der Waals surface area (Å²) in [5, 5.41) is 0.788. The summed E-state index contributed by atoms with van der Waals surface area (Å²) in [6.07, 6.45) is 3.31. The lowest BCUT2D eigenvalue weighted by atomic mass is 10.1. The molecule has 0 bridgehead atoms. The quantitative estimate of drug-likeness (QED) is 0.545. The summed E-state index contributed by atoms with van der Waals surface area (Å²) in [4.78, 5) is 10.7. The Morgan fingerprint density at radius 2 is 2.20 bits per heavy atom. The van der Waals surface area contributed by atoms with Crippen LogP contribution in [0.1, 0.15) is 19.8 Å². The second kappa shape index (κ2) is 3.10. The monoisotopic (exact) mass is 158 g/mol. The molecule has 10 heavy (non-hydrogen) atoms. The van der Waals surface area contributed by atoms with Gasteiger partial charge in [0.1, 0.15) is 0 Å². The van der Waals surface area contributed by atoms with Crippen molar-refractivity contribution < 1.29 is 9.53 Å². The van der Waals surface area contributed by atoms with E-state index in [2.05, 4.69) is 0 Å². The first-order valence-electron chi connectivity index (χ1n) is 3.18. The van der Waals surface area contributed by atoms with Crippen LogP contribution in [-0.2, 0) is 9.53 Å². The third-order valence-electron chi connectivity index (χ3n) is 1.44. The van der Waals surface area contributed by atoms with Crippen molar-refractivity contribution in [2.75, 3.05) is 6.26 Å². The van der Waals surface area contributed by atoms with Crippen LogP contribution < -0.4 is 0 Å². The number of thioether (sulfide) groups is 1. The molecule has 0 amide bonds. The SMILES string of the molecule is CSC1=C(C)CCC(=O)O1. The fourth-order valence-electron chi connectivity index (χ4n) is 0.849. The number of cyclic esters (lactones) is 1. The normalized spacial score (nSPS) is 19.2. The molecule has 0 saturated heterocycles. The van der Waals surface area contributed by atoms with Gasteiger partial charge in [0.25, 0.3) is 0 Å². The van der Waals surface area contributed by atoms with E-state index in [1.807, 2.05) is 13.2 Å². The predicted octanol–water partition coefficient (Wildman–Crippen LogP) is 1.92. The molecule has 1 aliphatic heterocycles. The maximum Gasteiger partial charge on any atom is 0.312 e. The summed E-state index contributed by atoms with van der Waals surface area (Å²) in [5.41, 5.74) is 1.19. The summed E-state index contributed by atoms with van der Waals surface area (Å²) in [5.74, 6) is -0.102. The van der Waals surface area contributed by atoms with Gasteiger partial charge in [-0.3, -0.25) is 4.79 Å². The van der Waals surface area contributed by atoms with Crippen LogP contribution in [0.25, 0.3) is 0 Å². The Kier molecular flexibility index (Phi) is 2.38. The van der Waals surface area contributed by atoms with E-state index in [0.29, 0.717) is 6.42 Å². The van der Waals surface area contributed by atoms with Gasteiger partial charge in [-0.2, -0.15) is 0 Å². The third-order valence-corrected chi connectivity index (χ3v) is 2.25. The van der Waals surface area contributed by atoms with Gasteiger partial charge in [0, 0.05) is 6.42 Å². The molecule has 0 saturated carbocycles. The molecule has 0 aromatic rings. The molecular weight excluding hydrogens is 148 g/mol. The number of hydrogen-bond donors (Lipinski definition) is 0. The van der Waals surface area contributed by atoms with Gasteiger partial charge >= 0.3 is 5.97 Å². The summed E-state index contributed by atoms with van der Waals surface area (Å²) in [6, 6.07) is 0. The lowest BCUT2D eigenvalue weighted by Crippen LogP contribution is -2.09. The van der Waals surface area contributed by atoms with Gasteiger partial charge in [-0.25, -0.2) is 0 Å². The van der Waals surface area contributed by atoms with Crippen molar-refractivity contribution in [3.8, 4) is 0 Å². The first-order valence-corrected chi connectivity index (χ1v) is 4.41. The van der Waals surface area contributed by atoms with Gasteiger partial charge in [-0.1, -0.05) is 11.8 Å². The molecule has 0 aliphatic carbocycles. The van der Waals surface area contributed by atoms with Gasteiger partial charge in [0.15, 0.2) is 5.09 Å². The molecule has 0 aromatic carbocycles. The summed E-state index contributed by atoms with van der Waals surface area (Å²) >= 11 is 1.49. The molecular formula is C7H10O2S. The maximum absolute atomic E-state index is 10.7. The highest BCUT2D eigenvalue weighted by atomic mass is 32.2. The van der Waals surface area contributed by atoms with E-state index in [4.69, 9.17) is 4.74 Å². The molecule has 0 aromatic heterocycles. The van der Waals surface area contributed by atoms with Crippen molar-refractivity contribution in [1.82, 2.24) is 0 Å². The van der Waals surface area contributed by atoms with Crippen molar-refractivity contribution in [2.45, 2.75) is 19.8 Å². The zero-order valence-electron chi connectivity index (χ0n) is 6.14. The topological polar surface area (TPSA) is 26.3 Å². The Morgan fingerprint density at radius 1 is 1.50 bits per heavy atom. The van der Waals surface area contributed by atoms with Crippen LogP contribution in [0.3, 0.4) is 0 Å². The van der Waals surface area contributed by atoms with Crippen molar-refractivity contribution in [2.24, 2.45) is 0 Å². The Morgan fingerprint density at radius 3 is 2.70 bits per heavy atom. The highest BCUT2D eigenvalue weighted by molar-refractivity contribution is 8.02. The van der Waals surface area contributed by atoms with Gasteiger partial charge in [-0.05, 0) is 25.2 Å². The largest absolute Gasteiger partial charge is 0.419 e. The summed E-state index contributed by atoms with van der Waals surface area (Å²) in [6.45, 7) is 2.00. The van der Waals surface area contributed by atoms with E-state index in [1.54, 1.807) is 0 Å². The number of hydrogen-bond acceptors (Lipinski definition) is 3. The van der Waals surface area contributed by atoms with Crippen molar-refractivity contribution in [1.29, 1.82) is 0 Å². The van der Waals surface area contributed by atoms with E-state index in [0.717, 1.165) is 11.5 Å². The van der Waals surface area contributed by atoms with Crippen molar-refractivity contribution in [3.63, 3.8) is 0 Å². The van der Waals surface area contributed by atoms with Crippen LogP contribution in [0.15, 0.2) is 10.7 Å². The van der Waals surface area contributed by atoms with Crippen LogP contribution in [-0.4, -0.2) is 12.2 Å². The number of carbonyl (C=O) groups excluding carboxylic acids is 1. The highest BCUT2D eigenvalue weighted by Gasteiger charge is 2.15. The molecule has 1 rings (SSSR count). The molecule has 0 fully saturated rings. The van der Waals surface area contributed by atoms with Crippen molar-refractivity contribution in [3.05, 3.63) is 10.7 Å². The minimum Gasteiger partial charge on any atom is -0.419 e. The average molecular weight is 158 g/mol. The number of ether oxygens (including phenoxy) is 1. The van der Waals surface area contributed by atoms with Crippen LogP contribution in [0, 0.1) is 0 Å². The molecule has 0 spiro atoms. The summed E-state index contributed by atoms with van der Waals surface area (Å²) in [7, 11) is 0. The lowest BCUT2D eigenvalue weighted by molar-refractivity contribution is -0.139. The Labute approximate surface area is 64.6 Å². The molecule has 1 heterocycles. The van der Waals surface area contributed by atoms with E-state index in [9.17, 15) is 4.79 Å². The van der Waals surface area contributed by atoms with Crippen LogP contribution in [0.5, 0.6) is 0 Å². The molecule has 0 atom stereocenters. The first-order chi connectivity index (χ1) is 4.74. The zero-order valence-corrected chi connectivity index (χ0v) is 6.96. The smallest absolute Gasteiger partial charge is 0.312 e. The minimum absolute atomic E-state index is 0.102. The van der Waals surface area contributed by atoms with Gasteiger partial charge < -0.3 is 4.74 Å². The molecule has 2 nitrogen and oxygen atoms in total. The number of esters is 1. The van der Waals surface area contributed by atoms with E-state index >= 15 is 0 Å². The highest BCUT2D eigenvalue weighted by Crippen LogP contribution is 2.26. The van der Waals surface area contributed by atoms with E-state index < -0.39 is 0 Å². The molecule has 0 radical (unpaired) electrons. The van der Waals surface area contributed by atoms with Crippen LogP contribution in [0.2, 0.25) is 0 Å². The third kappa shape index (κ3) is 1.53. The van der Waals surface area contributed by atoms with Gasteiger partial charge in [0.2, 0.25) is 0 Å². The molecule has 0 N–H and O–H groups in total. The molecule has 3 heteroatoms. The van der Waals surface area contributed by atoms with Crippen LogP contribution in [0.4, 0.5) is 0 Å². The molecule has 0 unspecified atom stereocenters. The summed E-state index contributed by atoms with van der Waals surface area (Å²) < 4.78 is 4.95. The fourth-order valence-corrected chi connectivity index (χ4v) is 1.48. The Bertz CT molecular complexity index is 184. The van der Waals surface area contributed by atoms with Crippen LogP contribution >= 0.6 is 11.8 Å².